The van der Waals surface area contributed by atoms with E-state index < -0.39 is 46.2 Å². The zero-order chi connectivity index (χ0) is 15.4. The van der Waals surface area contributed by atoms with E-state index in [4.69, 9.17) is 5.11 Å². The molecule has 20 heavy (non-hydrogen) atoms. The monoisotopic (exact) mass is 283 g/mol. The van der Waals surface area contributed by atoms with E-state index in [0.717, 1.165) is 17.2 Å². The lowest BCUT2D eigenvalue weighted by molar-refractivity contribution is -0.385. The number of nitrogens with zero attached hydrogens (tertiary/aromatic N) is 2. The van der Waals surface area contributed by atoms with E-state index in [1.807, 2.05) is 0 Å². The Bertz CT molecular complexity index is 606. The molecule has 0 fully saturated rings. The van der Waals surface area contributed by atoms with E-state index in [-0.39, 0.29) is 0 Å². The summed E-state index contributed by atoms with van der Waals surface area (Å²) in [5.74, 6) is -2.11. The van der Waals surface area contributed by atoms with Crippen molar-refractivity contribution in [2.45, 2.75) is 19.9 Å². The molecule has 1 aromatic heterocycles. The number of carbonyl (C=O) groups is 2. The van der Waals surface area contributed by atoms with Crippen LogP contribution in [0.3, 0.4) is 0 Å². The van der Waals surface area contributed by atoms with Gasteiger partial charge in [0.25, 0.3) is 17.2 Å². The quantitative estimate of drug-likeness (QED) is 0.586. The summed E-state index contributed by atoms with van der Waals surface area (Å²) in [5, 5.41) is 19.4. The molecule has 1 aromatic rings. The zero-order valence-corrected chi connectivity index (χ0v) is 10.8. The number of aliphatic carboxylic acids is 1. The predicted molar refractivity (Wildman–Crippen MR) is 67.5 cm³/mol. The van der Waals surface area contributed by atoms with Crippen molar-refractivity contribution >= 4 is 17.6 Å². The molecule has 9 heteroatoms. The topological polar surface area (TPSA) is 134 Å². The molecule has 0 unspecified atom stereocenters. The van der Waals surface area contributed by atoms with E-state index in [0.29, 0.717) is 0 Å². The molecule has 108 valence electrons. The van der Waals surface area contributed by atoms with Gasteiger partial charge in [-0.05, 0) is 13.8 Å². The molecule has 1 amide bonds. The van der Waals surface area contributed by atoms with E-state index in [1.54, 1.807) is 13.8 Å². The van der Waals surface area contributed by atoms with Crippen LogP contribution < -0.4 is 5.56 Å². The molecule has 0 saturated heterocycles. The highest BCUT2D eigenvalue weighted by Gasteiger charge is 2.25. The van der Waals surface area contributed by atoms with Crippen molar-refractivity contribution in [3.63, 3.8) is 0 Å². The molecule has 0 spiro atoms. The number of nitro groups is 1. The molecule has 0 atom stereocenters. The Morgan fingerprint density at radius 1 is 1.50 bits per heavy atom. The number of aromatic nitrogens is 1. The van der Waals surface area contributed by atoms with E-state index in [2.05, 4.69) is 4.98 Å². The molecule has 2 N–H and O–H groups in total. The van der Waals surface area contributed by atoms with Gasteiger partial charge in [0, 0.05) is 12.1 Å². The van der Waals surface area contributed by atoms with Gasteiger partial charge in [-0.15, -0.1) is 0 Å². The Labute approximate surface area is 113 Å². The molecular weight excluding hydrogens is 270 g/mol. The lowest BCUT2D eigenvalue weighted by Crippen LogP contribution is -2.42. The molecule has 0 aliphatic rings. The second-order valence-electron chi connectivity index (χ2n) is 4.28. The second kappa shape index (κ2) is 5.95. The summed E-state index contributed by atoms with van der Waals surface area (Å²) in [6.45, 7) is 2.55. The molecule has 0 bridgehead atoms. The first-order valence-corrected chi connectivity index (χ1v) is 5.64. The summed E-state index contributed by atoms with van der Waals surface area (Å²) >= 11 is 0. The summed E-state index contributed by atoms with van der Waals surface area (Å²) in [6, 6.07) is 0.357. The van der Waals surface area contributed by atoms with Crippen molar-refractivity contribution < 1.29 is 19.6 Å². The largest absolute Gasteiger partial charge is 0.480 e. The van der Waals surface area contributed by atoms with Crippen molar-refractivity contribution in [1.29, 1.82) is 0 Å². The third-order valence-electron chi connectivity index (χ3n) is 2.52. The number of nitrogens with one attached hydrogen (secondary N) is 1. The van der Waals surface area contributed by atoms with Gasteiger partial charge in [0.1, 0.15) is 12.1 Å². The Hall–Kier alpha value is -2.71. The van der Waals surface area contributed by atoms with Crippen LogP contribution >= 0.6 is 0 Å². The average Bonchev–Trinajstić information content (AvgIpc) is 2.34. The summed E-state index contributed by atoms with van der Waals surface area (Å²) in [5.41, 5.74) is -1.72. The van der Waals surface area contributed by atoms with Gasteiger partial charge in [0.2, 0.25) is 0 Å². The first-order valence-electron chi connectivity index (χ1n) is 5.64. The van der Waals surface area contributed by atoms with Gasteiger partial charge in [-0.3, -0.25) is 24.5 Å². The molecule has 0 aromatic carbocycles. The Balaban J connectivity index is 3.24. The number of rotatable bonds is 5. The minimum absolute atomic E-state index is 0.452. The van der Waals surface area contributed by atoms with Gasteiger partial charge in [-0.1, -0.05) is 0 Å². The highest BCUT2D eigenvalue weighted by Crippen LogP contribution is 2.11. The van der Waals surface area contributed by atoms with Crippen LogP contribution in [0.4, 0.5) is 5.69 Å². The lowest BCUT2D eigenvalue weighted by atomic mass is 10.2. The fourth-order valence-electron chi connectivity index (χ4n) is 1.53. The molecule has 0 radical (unpaired) electrons. The predicted octanol–water partition coefficient (Wildman–Crippen LogP) is 0.218. The standard InChI is InChI=1S/C11H13N3O6/c1-6(2)13(5-9(15)16)11(18)8-3-7(14(19)20)4-12-10(8)17/h3-4,6H,5H2,1-2H3,(H,12,17)(H,15,16). The van der Waals surface area contributed by atoms with Crippen molar-refractivity contribution in [1.82, 2.24) is 9.88 Å². The maximum Gasteiger partial charge on any atom is 0.323 e. The normalized spacial score (nSPS) is 10.3. The van der Waals surface area contributed by atoms with Gasteiger partial charge in [-0.2, -0.15) is 0 Å². The van der Waals surface area contributed by atoms with Crippen LogP contribution in [0.5, 0.6) is 0 Å². The molecule has 9 nitrogen and oxygen atoms in total. The van der Waals surface area contributed by atoms with Crippen LogP contribution in [0.15, 0.2) is 17.1 Å². The van der Waals surface area contributed by atoms with Crippen LogP contribution in [0.1, 0.15) is 24.2 Å². The number of hydrogen-bond donors (Lipinski definition) is 2. The third-order valence-corrected chi connectivity index (χ3v) is 2.52. The second-order valence-corrected chi connectivity index (χ2v) is 4.28. The molecule has 0 aliphatic carbocycles. The van der Waals surface area contributed by atoms with Gasteiger partial charge >= 0.3 is 5.97 Å². The van der Waals surface area contributed by atoms with Crippen molar-refractivity contribution in [2.24, 2.45) is 0 Å². The number of amides is 1. The van der Waals surface area contributed by atoms with E-state index in [1.165, 1.54) is 0 Å². The maximum atomic E-state index is 12.1. The first kappa shape index (κ1) is 15.3. The molecule has 1 rings (SSSR count). The Morgan fingerprint density at radius 2 is 2.10 bits per heavy atom. The number of carboxylic acids is 1. The van der Waals surface area contributed by atoms with Crippen LogP contribution in [-0.4, -0.2) is 44.4 Å². The zero-order valence-electron chi connectivity index (χ0n) is 10.8. The summed E-state index contributed by atoms with van der Waals surface area (Å²) in [4.78, 5) is 47.3. The van der Waals surface area contributed by atoms with Gasteiger partial charge in [0.15, 0.2) is 0 Å². The van der Waals surface area contributed by atoms with Gasteiger partial charge < -0.3 is 15.0 Å². The Morgan fingerprint density at radius 3 is 2.55 bits per heavy atom. The molecule has 1 heterocycles. The highest BCUT2D eigenvalue weighted by atomic mass is 16.6. The van der Waals surface area contributed by atoms with Crippen LogP contribution in [0, 0.1) is 10.1 Å². The number of H-pyrrole nitrogens is 1. The average molecular weight is 283 g/mol. The van der Waals surface area contributed by atoms with E-state index in [9.17, 15) is 24.5 Å². The fraction of sp³-hybridized carbons (Fsp3) is 0.364. The van der Waals surface area contributed by atoms with Crippen LogP contribution in [0.25, 0.3) is 0 Å². The summed E-state index contributed by atoms with van der Waals surface area (Å²) in [7, 11) is 0. The minimum atomic E-state index is -1.24. The fourth-order valence-corrected chi connectivity index (χ4v) is 1.53. The SMILES string of the molecule is CC(C)N(CC(=O)O)C(=O)c1cc([N+](=O)[O-])c[nH]c1=O. The summed E-state index contributed by atoms with van der Waals surface area (Å²) < 4.78 is 0. The lowest BCUT2D eigenvalue weighted by Gasteiger charge is -2.24. The molecule has 0 aliphatic heterocycles. The Kier molecular flexibility index (Phi) is 4.57. The number of aromatic amines is 1. The van der Waals surface area contributed by atoms with Crippen LogP contribution in [0.2, 0.25) is 0 Å². The third kappa shape index (κ3) is 3.40. The molecular formula is C11H13N3O6. The minimum Gasteiger partial charge on any atom is -0.480 e. The van der Waals surface area contributed by atoms with Gasteiger partial charge in [0.05, 0.1) is 11.1 Å². The van der Waals surface area contributed by atoms with Gasteiger partial charge in [-0.25, -0.2) is 0 Å². The number of hydrogen-bond acceptors (Lipinski definition) is 5. The van der Waals surface area contributed by atoms with Crippen molar-refractivity contribution in [3.8, 4) is 0 Å². The highest BCUT2D eigenvalue weighted by molar-refractivity contribution is 5.96. The summed E-state index contributed by atoms with van der Waals surface area (Å²) in [6.07, 6.45) is 0.871. The van der Waals surface area contributed by atoms with E-state index >= 15 is 0 Å². The van der Waals surface area contributed by atoms with Crippen molar-refractivity contribution in [3.05, 3.63) is 38.3 Å². The van der Waals surface area contributed by atoms with Crippen LogP contribution in [-0.2, 0) is 4.79 Å². The number of pyridine rings is 1. The number of carbonyl (C=O) groups excluding carboxylic acids is 1. The smallest absolute Gasteiger partial charge is 0.323 e. The first-order chi connectivity index (χ1) is 9.23. The maximum absolute atomic E-state index is 12.1. The number of carboxylic acid groups (broad SMARTS) is 1. The molecule has 0 saturated carbocycles. The van der Waals surface area contributed by atoms with Crippen molar-refractivity contribution in [2.75, 3.05) is 6.54 Å².